The van der Waals surface area contributed by atoms with Crippen molar-refractivity contribution in [2.75, 3.05) is 18.3 Å². The molecule has 0 fully saturated rings. The van der Waals surface area contributed by atoms with Crippen LogP contribution in [-0.2, 0) is 20.0 Å². The summed E-state index contributed by atoms with van der Waals surface area (Å²) in [6, 6.07) is 11.0. The molecule has 2 aromatic carbocycles. The molecule has 0 unspecified atom stereocenters. The van der Waals surface area contributed by atoms with Gasteiger partial charge in [0.15, 0.2) is 0 Å². The van der Waals surface area contributed by atoms with Gasteiger partial charge in [-0.25, -0.2) is 21.1 Å². The summed E-state index contributed by atoms with van der Waals surface area (Å²) in [4.78, 5) is 0.342. The molecule has 0 amide bonds. The van der Waals surface area contributed by atoms with Crippen LogP contribution >= 0.6 is 0 Å². The Labute approximate surface area is 162 Å². The van der Waals surface area contributed by atoms with Crippen molar-refractivity contribution in [3.05, 3.63) is 53.6 Å². The van der Waals surface area contributed by atoms with Gasteiger partial charge in [0.25, 0.3) is 10.0 Å². The van der Waals surface area contributed by atoms with Crippen LogP contribution in [0.4, 0.5) is 5.69 Å². The minimum atomic E-state index is -3.75. The van der Waals surface area contributed by atoms with E-state index in [-0.39, 0.29) is 9.79 Å². The minimum Gasteiger partial charge on any atom is -0.280 e. The molecule has 0 aliphatic heterocycles. The van der Waals surface area contributed by atoms with E-state index in [9.17, 15) is 16.8 Å². The molecule has 8 heteroatoms. The Hall–Kier alpha value is -1.90. The molecule has 0 heterocycles. The molecular weight excluding hydrogens is 384 g/mol. The molecule has 148 valence electrons. The van der Waals surface area contributed by atoms with E-state index in [2.05, 4.69) is 4.72 Å². The molecule has 0 aliphatic carbocycles. The first-order chi connectivity index (χ1) is 12.6. The van der Waals surface area contributed by atoms with Gasteiger partial charge in [-0.15, -0.1) is 0 Å². The lowest BCUT2D eigenvalue weighted by Crippen LogP contribution is -2.27. The summed E-state index contributed by atoms with van der Waals surface area (Å²) >= 11 is 0. The zero-order valence-corrected chi connectivity index (χ0v) is 17.7. The highest BCUT2D eigenvalue weighted by Gasteiger charge is 2.21. The predicted octanol–water partition coefficient (Wildman–Crippen LogP) is 3.52. The summed E-state index contributed by atoms with van der Waals surface area (Å²) in [7, 11) is -5.79. The number of aryl methyl sites for hydroxylation is 2. The van der Waals surface area contributed by atoms with Gasteiger partial charge in [0, 0.05) is 19.3 Å². The number of rotatable bonds is 8. The summed E-state index contributed by atoms with van der Waals surface area (Å²) in [5, 5.41) is 0. The number of nitrogens with zero attached hydrogens (tertiary/aromatic N) is 1. The molecule has 0 saturated carbocycles. The van der Waals surface area contributed by atoms with Crippen LogP contribution < -0.4 is 4.72 Å². The summed E-state index contributed by atoms with van der Waals surface area (Å²) in [6.45, 7) is 6.00. The van der Waals surface area contributed by atoms with E-state index in [0.29, 0.717) is 17.8 Å². The Morgan fingerprint density at radius 2 is 1.59 bits per heavy atom. The molecule has 0 bridgehead atoms. The van der Waals surface area contributed by atoms with Gasteiger partial charge in [-0.05, 0) is 61.7 Å². The Kier molecular flexibility index (Phi) is 6.67. The molecule has 0 radical (unpaired) electrons. The molecular formula is C19H26N2O4S2. The van der Waals surface area contributed by atoms with Gasteiger partial charge in [-0.3, -0.25) is 4.72 Å². The normalized spacial score (nSPS) is 12.3. The quantitative estimate of drug-likeness (QED) is 0.722. The van der Waals surface area contributed by atoms with Crippen molar-refractivity contribution in [2.24, 2.45) is 0 Å². The van der Waals surface area contributed by atoms with E-state index < -0.39 is 20.0 Å². The van der Waals surface area contributed by atoms with Crippen LogP contribution in [0.1, 0.15) is 30.9 Å². The van der Waals surface area contributed by atoms with Crippen LogP contribution in [0.2, 0.25) is 0 Å². The van der Waals surface area contributed by atoms with Gasteiger partial charge in [-0.2, -0.15) is 0 Å². The van der Waals surface area contributed by atoms with Crippen molar-refractivity contribution >= 4 is 25.7 Å². The van der Waals surface area contributed by atoms with E-state index in [1.807, 2.05) is 19.9 Å². The monoisotopic (exact) mass is 410 g/mol. The van der Waals surface area contributed by atoms with Gasteiger partial charge in [0.1, 0.15) is 0 Å². The number of anilines is 1. The highest BCUT2D eigenvalue weighted by atomic mass is 32.2. The molecule has 2 rings (SSSR count). The Balaban J connectivity index is 2.24. The number of benzene rings is 2. The third-order valence-electron chi connectivity index (χ3n) is 4.27. The van der Waals surface area contributed by atoms with E-state index in [4.69, 9.17) is 0 Å². The predicted molar refractivity (Wildman–Crippen MR) is 108 cm³/mol. The van der Waals surface area contributed by atoms with Crippen LogP contribution in [0, 0.1) is 13.8 Å². The third kappa shape index (κ3) is 5.09. The highest BCUT2D eigenvalue weighted by Crippen LogP contribution is 2.22. The fourth-order valence-electron chi connectivity index (χ4n) is 2.58. The standard InChI is InChI=1S/C19H26N2O4S2/c1-5-6-13-21(4)27(24,25)18-11-9-17(10-12-18)20-26(22,23)19-14-15(2)7-8-16(19)3/h7-12,14,20H,5-6,13H2,1-4H3. The first-order valence-corrected chi connectivity index (χ1v) is 11.7. The molecule has 6 nitrogen and oxygen atoms in total. The summed E-state index contributed by atoms with van der Waals surface area (Å²) < 4.78 is 54.2. The lowest BCUT2D eigenvalue weighted by molar-refractivity contribution is 0.459. The SMILES string of the molecule is CCCCN(C)S(=O)(=O)c1ccc(NS(=O)(=O)c2cc(C)ccc2C)cc1. The molecule has 0 saturated heterocycles. The van der Waals surface area contributed by atoms with Crippen molar-refractivity contribution in [2.45, 2.75) is 43.4 Å². The molecule has 0 aromatic heterocycles. The fraction of sp³-hybridized carbons (Fsp3) is 0.368. The van der Waals surface area contributed by atoms with Crippen LogP contribution in [0.3, 0.4) is 0 Å². The minimum absolute atomic E-state index is 0.135. The van der Waals surface area contributed by atoms with Crippen LogP contribution in [0.5, 0.6) is 0 Å². The lowest BCUT2D eigenvalue weighted by Gasteiger charge is -2.17. The van der Waals surface area contributed by atoms with Gasteiger partial charge >= 0.3 is 0 Å². The number of sulfonamides is 2. The maximum Gasteiger partial charge on any atom is 0.262 e. The summed E-state index contributed by atoms with van der Waals surface area (Å²) in [5.74, 6) is 0. The highest BCUT2D eigenvalue weighted by molar-refractivity contribution is 7.92. The molecule has 0 atom stereocenters. The van der Waals surface area contributed by atoms with Crippen LogP contribution in [0.25, 0.3) is 0 Å². The molecule has 27 heavy (non-hydrogen) atoms. The van der Waals surface area contributed by atoms with Crippen molar-refractivity contribution in [3.63, 3.8) is 0 Å². The average Bonchev–Trinajstić information content (AvgIpc) is 2.61. The molecule has 2 aromatic rings. The molecule has 0 spiro atoms. The second-order valence-corrected chi connectivity index (χ2v) is 10.3. The summed E-state index contributed by atoms with van der Waals surface area (Å²) in [6.07, 6.45) is 1.68. The van der Waals surface area contributed by atoms with E-state index in [0.717, 1.165) is 18.4 Å². The molecule has 0 aliphatic rings. The van der Waals surface area contributed by atoms with Crippen molar-refractivity contribution in [3.8, 4) is 0 Å². The van der Waals surface area contributed by atoms with E-state index >= 15 is 0 Å². The number of nitrogens with one attached hydrogen (secondary N) is 1. The van der Waals surface area contributed by atoms with Gasteiger partial charge in [-0.1, -0.05) is 25.5 Å². The Bertz CT molecular complexity index is 999. The Morgan fingerprint density at radius 1 is 0.963 bits per heavy atom. The van der Waals surface area contributed by atoms with Crippen LogP contribution in [0.15, 0.2) is 52.3 Å². The average molecular weight is 411 g/mol. The van der Waals surface area contributed by atoms with Crippen LogP contribution in [-0.4, -0.2) is 34.7 Å². The van der Waals surface area contributed by atoms with Crippen molar-refractivity contribution in [1.29, 1.82) is 0 Å². The first kappa shape index (κ1) is 21.4. The molecule has 1 N–H and O–H groups in total. The fourth-order valence-corrected chi connectivity index (χ4v) is 5.18. The zero-order chi connectivity index (χ0) is 20.2. The topological polar surface area (TPSA) is 83.6 Å². The van der Waals surface area contributed by atoms with Gasteiger partial charge in [0.2, 0.25) is 10.0 Å². The van der Waals surface area contributed by atoms with E-state index in [1.54, 1.807) is 26.1 Å². The zero-order valence-electron chi connectivity index (χ0n) is 16.1. The Morgan fingerprint density at radius 3 is 2.19 bits per heavy atom. The lowest BCUT2D eigenvalue weighted by atomic mass is 10.2. The van der Waals surface area contributed by atoms with Crippen molar-refractivity contribution in [1.82, 2.24) is 4.31 Å². The maximum atomic E-state index is 12.6. The second-order valence-electron chi connectivity index (χ2n) is 6.58. The van der Waals surface area contributed by atoms with E-state index in [1.165, 1.54) is 28.6 Å². The summed E-state index contributed by atoms with van der Waals surface area (Å²) in [5.41, 5.74) is 1.80. The number of hydrogen-bond donors (Lipinski definition) is 1. The number of hydrogen-bond acceptors (Lipinski definition) is 4. The van der Waals surface area contributed by atoms with Crippen molar-refractivity contribution < 1.29 is 16.8 Å². The van der Waals surface area contributed by atoms with Gasteiger partial charge in [0.05, 0.1) is 9.79 Å². The van der Waals surface area contributed by atoms with Gasteiger partial charge < -0.3 is 0 Å². The largest absolute Gasteiger partial charge is 0.280 e. The third-order valence-corrected chi connectivity index (χ3v) is 7.67. The smallest absolute Gasteiger partial charge is 0.262 e. The second kappa shape index (κ2) is 8.41. The number of unbranched alkanes of at least 4 members (excludes halogenated alkanes) is 1. The first-order valence-electron chi connectivity index (χ1n) is 8.74. The maximum absolute atomic E-state index is 12.6.